The third kappa shape index (κ3) is 5.43. The Kier molecular flexibility index (Phi) is 7.27. The van der Waals surface area contributed by atoms with Crippen LogP contribution < -0.4 is 0 Å². The van der Waals surface area contributed by atoms with E-state index in [0.717, 1.165) is 16.1 Å². The molecule has 0 saturated carbocycles. The van der Waals surface area contributed by atoms with Crippen molar-refractivity contribution in [1.29, 1.82) is 0 Å². The van der Waals surface area contributed by atoms with E-state index in [4.69, 9.17) is 5.11 Å². The number of allylic oxidation sites excluding steroid dienone is 6. The first-order valence-corrected chi connectivity index (χ1v) is 6.52. The maximum Gasteiger partial charge on any atom is 0.140 e. The highest BCUT2D eigenvalue weighted by Crippen LogP contribution is 2.20. The average Bonchev–Trinajstić information content (AvgIpc) is 2.17. The SMILES string of the molecule is B/C(C=C(C)C)=C(\C=C(\CO)SC)C(=C)C. The highest BCUT2D eigenvalue weighted by molar-refractivity contribution is 8.02. The number of thioether (sulfide) groups is 1. The van der Waals surface area contributed by atoms with E-state index >= 15 is 0 Å². The van der Waals surface area contributed by atoms with Crippen molar-refractivity contribution in [3.05, 3.63) is 45.8 Å². The summed E-state index contributed by atoms with van der Waals surface area (Å²) in [5.74, 6) is 0. The zero-order valence-electron chi connectivity index (χ0n) is 10.9. The largest absolute Gasteiger partial charge is 0.391 e. The maximum atomic E-state index is 9.16. The van der Waals surface area contributed by atoms with Gasteiger partial charge < -0.3 is 5.11 Å². The van der Waals surface area contributed by atoms with Gasteiger partial charge >= 0.3 is 0 Å². The Labute approximate surface area is 104 Å². The lowest BCUT2D eigenvalue weighted by atomic mass is 9.86. The van der Waals surface area contributed by atoms with Gasteiger partial charge in [0, 0.05) is 4.91 Å². The van der Waals surface area contributed by atoms with Crippen molar-refractivity contribution in [2.75, 3.05) is 12.9 Å². The fourth-order valence-electron chi connectivity index (χ4n) is 1.41. The number of aliphatic hydroxyl groups excluding tert-OH is 1. The Hall–Kier alpha value is -0.665. The summed E-state index contributed by atoms with van der Waals surface area (Å²) in [4.78, 5) is 0.958. The second-order valence-corrected chi connectivity index (χ2v) is 5.00. The van der Waals surface area contributed by atoms with E-state index < -0.39 is 0 Å². The Morgan fingerprint density at radius 2 is 1.88 bits per heavy atom. The Bertz CT molecular complexity index is 341. The van der Waals surface area contributed by atoms with Crippen molar-refractivity contribution in [2.24, 2.45) is 0 Å². The lowest BCUT2D eigenvalue weighted by Crippen LogP contribution is -1.93. The van der Waals surface area contributed by atoms with Crippen LogP contribution in [0.4, 0.5) is 0 Å². The van der Waals surface area contributed by atoms with E-state index in [2.05, 4.69) is 34.3 Å². The van der Waals surface area contributed by atoms with Gasteiger partial charge in [0.1, 0.15) is 7.85 Å². The van der Waals surface area contributed by atoms with Crippen molar-refractivity contribution < 1.29 is 5.11 Å². The molecule has 0 radical (unpaired) electrons. The second-order valence-electron chi connectivity index (χ2n) is 4.07. The molecule has 0 spiro atoms. The lowest BCUT2D eigenvalue weighted by molar-refractivity contribution is 0.339. The Morgan fingerprint density at radius 1 is 1.31 bits per heavy atom. The van der Waals surface area contributed by atoms with Gasteiger partial charge in [-0.05, 0) is 38.7 Å². The van der Waals surface area contributed by atoms with Gasteiger partial charge in [-0.2, -0.15) is 0 Å². The predicted molar refractivity (Wildman–Crippen MR) is 78.5 cm³/mol. The van der Waals surface area contributed by atoms with Crippen LogP contribution in [0, 0.1) is 0 Å². The summed E-state index contributed by atoms with van der Waals surface area (Å²) in [6, 6.07) is 0. The van der Waals surface area contributed by atoms with Gasteiger partial charge in [0.05, 0.1) is 6.61 Å². The van der Waals surface area contributed by atoms with Crippen LogP contribution in [0.1, 0.15) is 20.8 Å². The maximum absolute atomic E-state index is 9.16. The Balaban J connectivity index is 5.40. The third-order valence-electron chi connectivity index (χ3n) is 2.11. The fourth-order valence-corrected chi connectivity index (χ4v) is 1.78. The van der Waals surface area contributed by atoms with Gasteiger partial charge in [-0.3, -0.25) is 0 Å². The van der Waals surface area contributed by atoms with Crippen LogP contribution in [-0.2, 0) is 0 Å². The summed E-state index contributed by atoms with van der Waals surface area (Å²) in [7, 11) is 2.07. The molecular formula is C13H21BOS. The minimum absolute atomic E-state index is 0.0834. The quantitative estimate of drug-likeness (QED) is 0.585. The zero-order chi connectivity index (χ0) is 12.7. The molecule has 0 bridgehead atoms. The molecule has 0 heterocycles. The third-order valence-corrected chi connectivity index (χ3v) is 2.88. The van der Waals surface area contributed by atoms with Gasteiger partial charge in [0.15, 0.2) is 0 Å². The normalized spacial score (nSPS) is 13.2. The summed E-state index contributed by atoms with van der Waals surface area (Å²) in [5.41, 5.74) is 4.58. The van der Waals surface area contributed by atoms with Crippen molar-refractivity contribution in [2.45, 2.75) is 20.8 Å². The fraction of sp³-hybridized carbons (Fsp3) is 0.385. The van der Waals surface area contributed by atoms with Crippen LogP contribution in [-0.4, -0.2) is 25.8 Å². The molecule has 0 aromatic carbocycles. The number of rotatable bonds is 5. The molecule has 0 saturated heterocycles. The molecule has 0 aliphatic carbocycles. The molecule has 0 atom stereocenters. The van der Waals surface area contributed by atoms with Crippen LogP contribution in [0.3, 0.4) is 0 Å². The molecule has 1 N–H and O–H groups in total. The average molecular weight is 236 g/mol. The summed E-state index contributed by atoms with van der Waals surface area (Å²) >= 11 is 1.57. The predicted octanol–water partition coefficient (Wildman–Crippen LogP) is 2.66. The van der Waals surface area contributed by atoms with E-state index in [1.54, 1.807) is 11.8 Å². The second kappa shape index (κ2) is 7.58. The molecule has 1 nitrogen and oxygen atoms in total. The van der Waals surface area contributed by atoms with Crippen molar-refractivity contribution in [1.82, 2.24) is 0 Å². The number of hydrogen-bond acceptors (Lipinski definition) is 2. The van der Waals surface area contributed by atoms with E-state index in [0.29, 0.717) is 0 Å². The standard InChI is InChI=1S/C13H21BOS/c1-9(2)6-13(14)12(10(3)4)7-11(8-15)16-5/h6-7,15H,3,8,14H2,1-2,4-5H3/b11-7-,13-12+. The van der Waals surface area contributed by atoms with Crippen molar-refractivity contribution in [3.63, 3.8) is 0 Å². The minimum atomic E-state index is 0.0834. The van der Waals surface area contributed by atoms with Gasteiger partial charge in [-0.25, -0.2) is 0 Å². The molecule has 0 aromatic rings. The molecular weight excluding hydrogens is 215 g/mol. The molecule has 0 rings (SSSR count). The van der Waals surface area contributed by atoms with Gasteiger partial charge in [0.25, 0.3) is 0 Å². The highest BCUT2D eigenvalue weighted by atomic mass is 32.2. The molecule has 0 aliphatic rings. The summed E-state index contributed by atoms with van der Waals surface area (Å²) in [6.07, 6.45) is 6.12. The van der Waals surface area contributed by atoms with E-state index in [9.17, 15) is 0 Å². The zero-order valence-corrected chi connectivity index (χ0v) is 11.7. The highest BCUT2D eigenvalue weighted by Gasteiger charge is 2.01. The first kappa shape index (κ1) is 15.3. The molecule has 0 fully saturated rings. The van der Waals surface area contributed by atoms with Crippen molar-refractivity contribution in [3.8, 4) is 0 Å². The molecule has 0 unspecified atom stereocenters. The first-order chi connectivity index (χ1) is 7.42. The summed E-state index contributed by atoms with van der Waals surface area (Å²) in [5, 5.41) is 9.16. The molecule has 16 heavy (non-hydrogen) atoms. The molecule has 88 valence electrons. The molecule has 0 amide bonds. The van der Waals surface area contributed by atoms with Gasteiger partial charge in [-0.15, -0.1) is 11.8 Å². The minimum Gasteiger partial charge on any atom is -0.391 e. The molecule has 0 aliphatic heterocycles. The van der Waals surface area contributed by atoms with Gasteiger partial charge in [0.2, 0.25) is 0 Å². The topological polar surface area (TPSA) is 20.2 Å². The smallest absolute Gasteiger partial charge is 0.140 e. The molecule has 3 heteroatoms. The number of aliphatic hydroxyl groups is 1. The summed E-state index contributed by atoms with van der Waals surface area (Å²) < 4.78 is 0. The monoisotopic (exact) mass is 236 g/mol. The van der Waals surface area contributed by atoms with E-state index in [1.807, 2.05) is 19.3 Å². The van der Waals surface area contributed by atoms with E-state index in [-0.39, 0.29) is 6.61 Å². The van der Waals surface area contributed by atoms with Crippen LogP contribution in [0.2, 0.25) is 0 Å². The Morgan fingerprint density at radius 3 is 2.19 bits per heavy atom. The van der Waals surface area contributed by atoms with Crippen molar-refractivity contribution >= 4 is 19.6 Å². The van der Waals surface area contributed by atoms with Gasteiger partial charge in [-0.1, -0.05) is 29.3 Å². The van der Waals surface area contributed by atoms with Crippen LogP contribution in [0.25, 0.3) is 0 Å². The summed E-state index contributed by atoms with van der Waals surface area (Å²) in [6.45, 7) is 10.2. The van der Waals surface area contributed by atoms with Crippen LogP contribution in [0.5, 0.6) is 0 Å². The van der Waals surface area contributed by atoms with Crippen LogP contribution >= 0.6 is 11.8 Å². The van der Waals surface area contributed by atoms with Crippen LogP contribution in [0.15, 0.2) is 45.8 Å². The molecule has 0 aromatic heterocycles. The lowest BCUT2D eigenvalue weighted by Gasteiger charge is -2.08. The number of hydrogen-bond donors (Lipinski definition) is 1. The van der Waals surface area contributed by atoms with E-state index in [1.165, 1.54) is 11.0 Å². The first-order valence-electron chi connectivity index (χ1n) is 5.29.